The van der Waals surface area contributed by atoms with Crippen LogP contribution >= 0.6 is 11.3 Å². The van der Waals surface area contributed by atoms with Crippen molar-refractivity contribution in [1.29, 1.82) is 0 Å². The number of fused-ring (bicyclic) bond motifs is 1. The number of para-hydroxylation sites is 1. The predicted molar refractivity (Wildman–Crippen MR) is 132 cm³/mol. The van der Waals surface area contributed by atoms with E-state index in [1.807, 2.05) is 6.92 Å². The van der Waals surface area contributed by atoms with Crippen LogP contribution in [0.4, 0.5) is 5.69 Å². The van der Waals surface area contributed by atoms with E-state index < -0.39 is 15.9 Å². The van der Waals surface area contributed by atoms with Crippen molar-refractivity contribution in [2.45, 2.75) is 11.8 Å². The summed E-state index contributed by atoms with van der Waals surface area (Å²) in [5, 5.41) is 0. The van der Waals surface area contributed by atoms with Crippen molar-refractivity contribution < 1.29 is 22.7 Å². The molecular weight excluding hydrogens is 474 g/mol. The molecule has 0 radical (unpaired) electrons. The van der Waals surface area contributed by atoms with Gasteiger partial charge in [0.1, 0.15) is 21.7 Å². The van der Waals surface area contributed by atoms with Gasteiger partial charge in [-0.05, 0) is 43.3 Å². The maximum atomic E-state index is 13.2. The van der Waals surface area contributed by atoms with Crippen LogP contribution in [0.5, 0.6) is 11.5 Å². The van der Waals surface area contributed by atoms with Gasteiger partial charge in [0.2, 0.25) is 0 Å². The number of nitrogens with one attached hydrogen (secondary N) is 1. The van der Waals surface area contributed by atoms with Gasteiger partial charge in [-0.15, -0.1) is 0 Å². The first kappa shape index (κ1) is 23.5. The maximum absolute atomic E-state index is 13.2. The Morgan fingerprint density at radius 3 is 2.29 bits per heavy atom. The third kappa shape index (κ3) is 4.42. The van der Waals surface area contributed by atoms with Gasteiger partial charge >= 0.3 is 0 Å². The molecule has 0 unspecified atom stereocenters. The largest absolute Gasteiger partial charge is 0.495 e. The Balaban J connectivity index is 1.76. The molecule has 0 atom stereocenters. The topological polar surface area (TPSA) is 99.0 Å². The second kappa shape index (κ2) is 9.32. The van der Waals surface area contributed by atoms with Crippen LogP contribution in [0.25, 0.3) is 10.2 Å². The number of rotatable bonds is 6. The Labute approximate surface area is 201 Å². The van der Waals surface area contributed by atoms with Crippen molar-refractivity contribution in [3.63, 3.8) is 0 Å². The molecule has 0 aliphatic rings. The van der Waals surface area contributed by atoms with Crippen molar-refractivity contribution in [2.75, 3.05) is 18.9 Å². The van der Waals surface area contributed by atoms with Crippen LogP contribution in [0.3, 0.4) is 0 Å². The van der Waals surface area contributed by atoms with E-state index in [0.29, 0.717) is 16.3 Å². The Bertz CT molecular complexity index is 1550. The third-order valence-electron chi connectivity index (χ3n) is 5.24. The number of amides is 1. The summed E-state index contributed by atoms with van der Waals surface area (Å²) in [6.07, 6.45) is 0. The minimum absolute atomic E-state index is 0.104. The van der Waals surface area contributed by atoms with Crippen LogP contribution in [0.2, 0.25) is 0 Å². The van der Waals surface area contributed by atoms with Gasteiger partial charge in [-0.1, -0.05) is 41.2 Å². The first-order valence-corrected chi connectivity index (χ1v) is 12.5. The number of carbonyl (C=O) groups is 1. The van der Waals surface area contributed by atoms with E-state index in [4.69, 9.17) is 9.47 Å². The first-order chi connectivity index (χ1) is 16.2. The second-order valence-corrected chi connectivity index (χ2v) is 10.1. The van der Waals surface area contributed by atoms with Crippen LogP contribution in [-0.4, -0.2) is 33.1 Å². The van der Waals surface area contributed by atoms with Gasteiger partial charge in [0.15, 0.2) is 4.80 Å². The second-order valence-electron chi connectivity index (χ2n) is 7.47. The zero-order valence-electron chi connectivity index (χ0n) is 19.0. The van der Waals surface area contributed by atoms with Gasteiger partial charge in [-0.2, -0.15) is 4.99 Å². The molecule has 0 saturated heterocycles. The summed E-state index contributed by atoms with van der Waals surface area (Å²) in [5.41, 5.74) is 1.97. The third-order valence-corrected chi connectivity index (χ3v) is 7.77. The van der Waals surface area contributed by atoms with Gasteiger partial charge in [0, 0.05) is 7.05 Å². The molecule has 3 aromatic carbocycles. The maximum Gasteiger partial charge on any atom is 0.281 e. The molecule has 4 aromatic rings. The number of aryl methyl sites for hydroxylation is 2. The number of hydrogen-bond donors (Lipinski definition) is 1. The summed E-state index contributed by atoms with van der Waals surface area (Å²) in [6.45, 7) is 1.87. The molecule has 1 heterocycles. The van der Waals surface area contributed by atoms with E-state index in [9.17, 15) is 13.2 Å². The highest BCUT2D eigenvalue weighted by Crippen LogP contribution is 2.34. The average Bonchev–Trinajstić information content (AvgIpc) is 3.15. The minimum atomic E-state index is -3.89. The molecule has 1 N–H and O–H groups in total. The molecule has 0 aliphatic heterocycles. The number of hydrogen-bond acceptors (Lipinski definition) is 6. The number of thiazole rings is 1. The molecule has 10 heteroatoms. The lowest BCUT2D eigenvalue weighted by Gasteiger charge is -2.11. The molecule has 0 spiro atoms. The van der Waals surface area contributed by atoms with Gasteiger partial charge in [-0.25, -0.2) is 8.42 Å². The minimum Gasteiger partial charge on any atom is -0.495 e. The number of methoxy groups -OCH3 is 2. The Morgan fingerprint density at radius 1 is 0.971 bits per heavy atom. The summed E-state index contributed by atoms with van der Waals surface area (Å²) in [5.74, 6) is 0.675. The summed E-state index contributed by atoms with van der Waals surface area (Å²) in [7, 11) is 1.03. The molecule has 176 valence electrons. The van der Waals surface area contributed by atoms with E-state index in [2.05, 4.69) is 9.71 Å². The number of nitrogens with zero attached hydrogens (tertiary/aromatic N) is 2. The van der Waals surface area contributed by atoms with Crippen molar-refractivity contribution in [3.8, 4) is 11.5 Å². The van der Waals surface area contributed by atoms with Crippen LogP contribution < -0.4 is 19.0 Å². The zero-order chi connectivity index (χ0) is 24.5. The lowest BCUT2D eigenvalue weighted by atomic mass is 10.2. The number of sulfonamides is 1. The standard InChI is InChI=1S/C24H23N3O5S2/c1-15-9-11-16(12-10-15)34(29,30)26-18-8-6-5-7-17(18)23(28)25-24-27(2)21-19(31-3)13-14-20(32-4)22(21)33-24/h5-14,26H,1-4H3. The average molecular weight is 498 g/mol. The van der Waals surface area contributed by atoms with E-state index in [0.717, 1.165) is 15.8 Å². The molecule has 1 amide bonds. The van der Waals surface area contributed by atoms with Crippen LogP contribution in [-0.2, 0) is 17.1 Å². The molecule has 1 aromatic heterocycles. The van der Waals surface area contributed by atoms with Gasteiger partial charge in [-0.3, -0.25) is 9.52 Å². The number of aromatic nitrogens is 1. The molecule has 0 saturated carbocycles. The van der Waals surface area contributed by atoms with Gasteiger partial charge in [0.05, 0.1) is 30.4 Å². The van der Waals surface area contributed by atoms with Gasteiger partial charge < -0.3 is 14.0 Å². The van der Waals surface area contributed by atoms with Gasteiger partial charge in [0.25, 0.3) is 15.9 Å². The predicted octanol–water partition coefficient (Wildman–Crippen LogP) is 4.11. The lowest BCUT2D eigenvalue weighted by molar-refractivity contribution is 0.0998. The fourth-order valence-electron chi connectivity index (χ4n) is 3.46. The van der Waals surface area contributed by atoms with Crippen molar-refractivity contribution in [2.24, 2.45) is 12.0 Å². The van der Waals surface area contributed by atoms with Crippen LogP contribution in [0.1, 0.15) is 15.9 Å². The molecule has 4 rings (SSSR count). The number of benzene rings is 3. The highest BCUT2D eigenvalue weighted by atomic mass is 32.2. The van der Waals surface area contributed by atoms with E-state index in [-0.39, 0.29) is 16.1 Å². The summed E-state index contributed by atoms with van der Waals surface area (Å²) < 4.78 is 41.7. The number of ether oxygens (including phenoxy) is 2. The molecule has 8 nitrogen and oxygen atoms in total. The Morgan fingerprint density at radius 2 is 1.62 bits per heavy atom. The zero-order valence-corrected chi connectivity index (χ0v) is 20.7. The monoisotopic (exact) mass is 497 g/mol. The summed E-state index contributed by atoms with van der Waals surface area (Å²) in [4.78, 5) is 18.0. The summed E-state index contributed by atoms with van der Waals surface area (Å²) >= 11 is 1.28. The smallest absolute Gasteiger partial charge is 0.281 e. The normalized spacial score (nSPS) is 12.1. The fraction of sp³-hybridized carbons (Fsp3) is 0.167. The molecule has 34 heavy (non-hydrogen) atoms. The van der Waals surface area contributed by atoms with E-state index in [1.165, 1.54) is 35.6 Å². The molecule has 0 aliphatic carbocycles. The fourth-order valence-corrected chi connectivity index (χ4v) is 5.66. The van der Waals surface area contributed by atoms with Crippen molar-refractivity contribution in [3.05, 3.63) is 76.6 Å². The highest BCUT2D eigenvalue weighted by molar-refractivity contribution is 7.92. The molecule has 0 fully saturated rings. The van der Waals surface area contributed by atoms with E-state index in [1.54, 1.807) is 62.2 Å². The van der Waals surface area contributed by atoms with Crippen LogP contribution in [0.15, 0.2) is 70.6 Å². The SMILES string of the molecule is COc1ccc(OC)c2c1sc(=NC(=O)c1ccccc1NS(=O)(=O)c1ccc(C)cc1)n2C. The van der Waals surface area contributed by atoms with Crippen molar-refractivity contribution in [1.82, 2.24) is 4.57 Å². The van der Waals surface area contributed by atoms with Crippen LogP contribution in [0, 0.1) is 6.92 Å². The number of carbonyl (C=O) groups excluding carboxylic acids is 1. The Hall–Kier alpha value is -3.63. The molecule has 0 bridgehead atoms. The lowest BCUT2D eigenvalue weighted by Crippen LogP contribution is -2.17. The van der Waals surface area contributed by atoms with E-state index >= 15 is 0 Å². The highest BCUT2D eigenvalue weighted by Gasteiger charge is 2.19. The molecular formula is C24H23N3O5S2. The van der Waals surface area contributed by atoms with Crippen molar-refractivity contribution >= 4 is 43.2 Å². The number of anilines is 1. The quantitative estimate of drug-likeness (QED) is 0.432. The Kier molecular flexibility index (Phi) is 6.45. The first-order valence-electron chi connectivity index (χ1n) is 10.2. The summed E-state index contributed by atoms with van der Waals surface area (Å²) in [6, 6.07) is 16.4.